The second-order valence-corrected chi connectivity index (χ2v) is 12.3. The minimum atomic E-state index is -0.212. The van der Waals surface area contributed by atoms with Gasteiger partial charge in [0, 0.05) is 85.9 Å². The van der Waals surface area contributed by atoms with Crippen LogP contribution in [0.1, 0.15) is 51.3 Å². The zero-order chi connectivity index (χ0) is 35.4. The Morgan fingerprint density at radius 1 is 0.960 bits per heavy atom. The molecule has 11 nitrogen and oxygen atoms in total. The highest BCUT2D eigenvalue weighted by molar-refractivity contribution is 6.03. The van der Waals surface area contributed by atoms with Gasteiger partial charge in [-0.3, -0.25) is 14.7 Å². The highest BCUT2D eigenvalue weighted by Crippen LogP contribution is 2.35. The molecule has 6 rings (SSSR count). The van der Waals surface area contributed by atoms with Crippen molar-refractivity contribution in [3.05, 3.63) is 113 Å². The predicted octanol–water partition coefficient (Wildman–Crippen LogP) is 6.84. The number of carbonyl (C=O) groups is 1. The number of methoxy groups -OCH3 is 2. The Kier molecular flexibility index (Phi) is 10.1. The van der Waals surface area contributed by atoms with E-state index in [-0.39, 0.29) is 5.91 Å². The second kappa shape index (κ2) is 14.8. The van der Waals surface area contributed by atoms with E-state index in [1.807, 2.05) is 61.0 Å². The molecule has 0 atom stereocenters. The molecule has 258 valence electrons. The molecule has 1 amide bonds. The number of fused-ring (bicyclic) bond motifs is 1. The molecule has 0 saturated heterocycles. The van der Waals surface area contributed by atoms with Crippen molar-refractivity contribution in [2.24, 2.45) is 7.05 Å². The second-order valence-electron chi connectivity index (χ2n) is 12.3. The fourth-order valence-electron chi connectivity index (χ4n) is 6.37. The lowest BCUT2D eigenvalue weighted by Crippen LogP contribution is -2.30. The molecule has 0 aliphatic carbocycles. The molecular weight excluding hydrogens is 628 g/mol. The zero-order valence-electron chi connectivity index (χ0n) is 29.6. The minimum absolute atomic E-state index is 0.212. The molecule has 50 heavy (non-hydrogen) atoms. The molecule has 3 N–H and O–H groups in total. The molecule has 0 bridgehead atoms. The lowest BCUT2D eigenvalue weighted by Gasteiger charge is -2.24. The van der Waals surface area contributed by atoms with E-state index in [0.29, 0.717) is 35.4 Å². The van der Waals surface area contributed by atoms with Gasteiger partial charge in [0.2, 0.25) is 5.88 Å². The van der Waals surface area contributed by atoms with Gasteiger partial charge in [-0.05, 0) is 60.8 Å². The molecule has 0 radical (unpaired) electrons. The predicted molar refractivity (Wildman–Crippen MR) is 199 cm³/mol. The number of anilines is 3. The van der Waals surface area contributed by atoms with Gasteiger partial charge in [0.25, 0.3) is 5.91 Å². The summed E-state index contributed by atoms with van der Waals surface area (Å²) in [6.07, 6.45) is 4.37. The van der Waals surface area contributed by atoms with Crippen molar-refractivity contribution in [3.8, 4) is 22.8 Å². The summed E-state index contributed by atoms with van der Waals surface area (Å²) >= 11 is 0. The Morgan fingerprint density at radius 3 is 2.36 bits per heavy atom. The Labute approximate surface area is 293 Å². The van der Waals surface area contributed by atoms with E-state index in [1.165, 1.54) is 0 Å². The number of nitrogens with zero attached hydrogens (tertiary/aromatic N) is 5. The number of benzene rings is 2. The van der Waals surface area contributed by atoms with Crippen LogP contribution in [0.15, 0.2) is 73.6 Å². The van der Waals surface area contributed by atoms with E-state index >= 15 is 0 Å². The van der Waals surface area contributed by atoms with Crippen LogP contribution in [0.5, 0.6) is 11.6 Å². The molecule has 4 heterocycles. The smallest absolute Gasteiger partial charge is 0.291 e. The highest BCUT2D eigenvalue weighted by Gasteiger charge is 2.25. The first-order valence-electron chi connectivity index (χ1n) is 16.7. The average molecular weight is 673 g/mol. The zero-order valence-corrected chi connectivity index (χ0v) is 29.6. The van der Waals surface area contributed by atoms with Crippen molar-refractivity contribution in [2.45, 2.75) is 40.3 Å². The van der Waals surface area contributed by atoms with Crippen molar-refractivity contribution in [3.63, 3.8) is 0 Å². The number of ether oxygens (including phenoxy) is 2. The van der Waals surface area contributed by atoms with E-state index in [2.05, 4.69) is 63.4 Å². The summed E-state index contributed by atoms with van der Waals surface area (Å²) in [6.45, 7) is 13.8. The molecular formula is C39H44N8O3. The standard InChI is InChI=1S/C39H44N8O3/c1-8-47-18-16-35-34(23-47)44-38(46(35)5)39(48)45-32-14-10-12-30(25(32)3)29-11-9-13-31(24(29)2)43-26(4)33-20-36(49-6)27(22-42-33)21-41-28-15-17-40-37(19-28)50-7/h9-15,17,19-20,22,43H,4,8,16,18,21,23H2,1-3,5-7H3,(H,40,41)(H,45,48). The van der Waals surface area contributed by atoms with Gasteiger partial charge < -0.3 is 30.0 Å². The fraction of sp³-hybridized carbons (Fsp3) is 0.282. The van der Waals surface area contributed by atoms with Crippen LogP contribution in [0.2, 0.25) is 0 Å². The summed E-state index contributed by atoms with van der Waals surface area (Å²) in [5.41, 5.74) is 10.9. The number of hydrogen-bond donors (Lipinski definition) is 3. The maximum atomic E-state index is 13.5. The molecule has 1 aliphatic heterocycles. The lowest BCUT2D eigenvalue weighted by molar-refractivity contribution is 0.101. The number of amides is 1. The Hall–Kier alpha value is -5.68. The quantitative estimate of drug-likeness (QED) is 0.131. The summed E-state index contributed by atoms with van der Waals surface area (Å²) in [4.78, 5) is 29.4. The average Bonchev–Trinajstić information content (AvgIpc) is 3.47. The number of imidazole rings is 1. The molecule has 0 unspecified atom stereocenters. The van der Waals surface area contributed by atoms with Gasteiger partial charge in [-0.15, -0.1) is 0 Å². The lowest BCUT2D eigenvalue weighted by atomic mass is 9.94. The van der Waals surface area contributed by atoms with Crippen molar-refractivity contribution < 1.29 is 14.3 Å². The third-order valence-corrected chi connectivity index (χ3v) is 9.38. The van der Waals surface area contributed by atoms with Crippen LogP contribution in [-0.4, -0.2) is 57.6 Å². The topological polar surface area (TPSA) is 118 Å². The van der Waals surface area contributed by atoms with E-state index in [0.717, 1.165) is 82.3 Å². The van der Waals surface area contributed by atoms with Crippen LogP contribution in [0.25, 0.3) is 16.8 Å². The molecule has 11 heteroatoms. The number of pyridine rings is 2. The number of nitrogens with one attached hydrogen (secondary N) is 3. The number of likely N-dealkylation sites (N-methyl/N-ethyl adjacent to an activating group) is 1. The third-order valence-electron chi connectivity index (χ3n) is 9.38. The van der Waals surface area contributed by atoms with E-state index in [1.54, 1.807) is 26.6 Å². The summed E-state index contributed by atoms with van der Waals surface area (Å²) in [6, 6.07) is 17.7. The van der Waals surface area contributed by atoms with Crippen LogP contribution in [0.4, 0.5) is 17.1 Å². The molecule has 0 spiro atoms. The van der Waals surface area contributed by atoms with Gasteiger partial charge in [0.1, 0.15) is 5.75 Å². The molecule has 1 aliphatic rings. The summed E-state index contributed by atoms with van der Waals surface area (Å²) in [7, 11) is 5.16. The number of carbonyl (C=O) groups excluding carboxylic acids is 1. The Morgan fingerprint density at radius 2 is 1.68 bits per heavy atom. The van der Waals surface area contributed by atoms with Crippen LogP contribution < -0.4 is 25.4 Å². The fourth-order valence-corrected chi connectivity index (χ4v) is 6.37. The number of hydrogen-bond acceptors (Lipinski definition) is 9. The summed E-state index contributed by atoms with van der Waals surface area (Å²) in [5, 5.41) is 9.97. The van der Waals surface area contributed by atoms with Gasteiger partial charge in [-0.2, -0.15) is 0 Å². The van der Waals surface area contributed by atoms with Gasteiger partial charge >= 0.3 is 0 Å². The Bertz CT molecular complexity index is 2050. The third kappa shape index (κ3) is 7.04. The van der Waals surface area contributed by atoms with Crippen LogP contribution in [0, 0.1) is 13.8 Å². The van der Waals surface area contributed by atoms with Crippen molar-refractivity contribution in [2.75, 3.05) is 43.3 Å². The normalized spacial score (nSPS) is 12.6. The van der Waals surface area contributed by atoms with Gasteiger partial charge in [-0.1, -0.05) is 37.8 Å². The molecule has 0 saturated carbocycles. The van der Waals surface area contributed by atoms with Gasteiger partial charge in [-0.25, -0.2) is 9.97 Å². The van der Waals surface area contributed by atoms with Crippen molar-refractivity contribution in [1.29, 1.82) is 0 Å². The molecule has 0 fully saturated rings. The van der Waals surface area contributed by atoms with E-state index in [4.69, 9.17) is 14.5 Å². The van der Waals surface area contributed by atoms with Crippen LogP contribution in [-0.2, 0) is 26.6 Å². The summed E-state index contributed by atoms with van der Waals surface area (Å²) in [5.74, 6) is 1.45. The number of rotatable bonds is 12. The largest absolute Gasteiger partial charge is 0.496 e. The first-order valence-corrected chi connectivity index (χ1v) is 16.7. The SMILES string of the molecule is C=C(Nc1cccc(-c2cccc(NC(=O)c3nc4c(n3C)CCN(CC)C4)c2C)c1C)c1cc(OC)c(CNc2ccnc(OC)c2)cn1. The van der Waals surface area contributed by atoms with Crippen LogP contribution >= 0.6 is 0 Å². The summed E-state index contributed by atoms with van der Waals surface area (Å²) < 4.78 is 12.9. The maximum absolute atomic E-state index is 13.5. The monoisotopic (exact) mass is 672 g/mol. The van der Waals surface area contributed by atoms with Gasteiger partial charge in [0.15, 0.2) is 5.82 Å². The van der Waals surface area contributed by atoms with Crippen molar-refractivity contribution in [1.82, 2.24) is 24.4 Å². The Balaban J connectivity index is 1.17. The minimum Gasteiger partial charge on any atom is -0.496 e. The van der Waals surface area contributed by atoms with E-state index in [9.17, 15) is 4.79 Å². The van der Waals surface area contributed by atoms with Crippen molar-refractivity contribution >= 4 is 28.7 Å². The highest BCUT2D eigenvalue weighted by atomic mass is 16.5. The number of aromatic nitrogens is 4. The maximum Gasteiger partial charge on any atom is 0.291 e. The molecule has 2 aromatic carbocycles. The first-order chi connectivity index (χ1) is 24.2. The molecule has 5 aromatic rings. The van der Waals surface area contributed by atoms with Gasteiger partial charge in [0.05, 0.1) is 31.3 Å². The van der Waals surface area contributed by atoms with Crippen LogP contribution in [0.3, 0.4) is 0 Å². The first kappa shape index (κ1) is 34.2. The molecule has 3 aromatic heterocycles. The van der Waals surface area contributed by atoms with E-state index < -0.39 is 0 Å².